The number of rotatable bonds is 5. The van der Waals surface area contributed by atoms with Gasteiger partial charge in [0.2, 0.25) is 12.3 Å². The highest BCUT2D eigenvalue weighted by atomic mass is 19.1. The van der Waals surface area contributed by atoms with Crippen LogP contribution in [-0.2, 0) is 0 Å². The summed E-state index contributed by atoms with van der Waals surface area (Å²) in [6.45, 7) is 0.0456. The smallest absolute Gasteiger partial charge is 0.228 e. The van der Waals surface area contributed by atoms with E-state index in [0.717, 1.165) is 0 Å². The number of alkyl halides is 1. The molecular formula is C22H17FN4O4. The Morgan fingerprint density at radius 2 is 1.87 bits per heavy atom. The van der Waals surface area contributed by atoms with E-state index in [4.69, 9.17) is 14.2 Å². The molecule has 0 atom stereocenters. The fourth-order valence-electron chi connectivity index (χ4n) is 3.36. The lowest BCUT2D eigenvalue weighted by atomic mass is 10.2. The van der Waals surface area contributed by atoms with E-state index in [1.54, 1.807) is 47.4 Å². The molecule has 0 radical (unpaired) electrons. The Morgan fingerprint density at radius 1 is 1.00 bits per heavy atom. The maximum Gasteiger partial charge on any atom is 0.228 e. The van der Waals surface area contributed by atoms with Crippen molar-refractivity contribution in [2.45, 2.75) is 0 Å². The highest BCUT2D eigenvalue weighted by Crippen LogP contribution is 2.32. The van der Waals surface area contributed by atoms with Crippen LogP contribution in [0.15, 0.2) is 71.8 Å². The minimum Gasteiger partial charge on any atom is -0.486 e. The normalized spacial score (nSPS) is 12.5. The van der Waals surface area contributed by atoms with Gasteiger partial charge in [-0.05, 0) is 30.3 Å². The standard InChI is InChI=1S/C22H17FN4O4/c23-14-31-17-3-1-2-15(12-17)26-9-7-19(28)22(25-26)18-6-8-24-27(18)16-4-5-20-21(13-16)30-11-10-29-20/h1-9,12-13H,10-11,14H2. The lowest BCUT2D eigenvalue weighted by Gasteiger charge is -2.19. The van der Waals surface area contributed by atoms with Crippen LogP contribution in [-0.4, -0.2) is 39.6 Å². The number of halogens is 1. The van der Waals surface area contributed by atoms with Crippen molar-refractivity contribution in [2.75, 3.05) is 20.1 Å². The molecule has 0 amide bonds. The van der Waals surface area contributed by atoms with Gasteiger partial charge in [-0.3, -0.25) is 4.79 Å². The maximum absolute atomic E-state index is 12.7. The van der Waals surface area contributed by atoms with Crippen LogP contribution in [0.2, 0.25) is 0 Å². The zero-order valence-corrected chi connectivity index (χ0v) is 16.3. The molecule has 4 aromatic rings. The molecule has 2 aromatic carbocycles. The van der Waals surface area contributed by atoms with Crippen molar-refractivity contribution in [3.63, 3.8) is 0 Å². The summed E-state index contributed by atoms with van der Waals surface area (Å²) in [5, 5.41) is 8.86. The van der Waals surface area contributed by atoms with Crippen LogP contribution in [0.25, 0.3) is 22.8 Å². The second-order valence-corrected chi connectivity index (χ2v) is 6.68. The quantitative estimate of drug-likeness (QED) is 0.493. The Morgan fingerprint density at radius 3 is 2.74 bits per heavy atom. The Labute approximate surface area is 176 Å². The van der Waals surface area contributed by atoms with Crippen molar-refractivity contribution in [3.8, 4) is 40.0 Å². The molecular weight excluding hydrogens is 403 g/mol. The molecule has 2 aromatic heterocycles. The van der Waals surface area contributed by atoms with Crippen molar-refractivity contribution >= 4 is 0 Å². The third kappa shape index (κ3) is 3.61. The molecule has 5 rings (SSSR count). The molecule has 156 valence electrons. The summed E-state index contributed by atoms with van der Waals surface area (Å²) >= 11 is 0. The number of ether oxygens (including phenoxy) is 3. The van der Waals surface area contributed by atoms with Gasteiger partial charge in [-0.25, -0.2) is 13.8 Å². The van der Waals surface area contributed by atoms with E-state index in [9.17, 15) is 9.18 Å². The molecule has 0 fully saturated rings. The van der Waals surface area contributed by atoms with Gasteiger partial charge < -0.3 is 14.2 Å². The van der Waals surface area contributed by atoms with Crippen molar-refractivity contribution in [1.82, 2.24) is 19.6 Å². The van der Waals surface area contributed by atoms with Crippen LogP contribution in [0.3, 0.4) is 0 Å². The third-order valence-corrected chi connectivity index (χ3v) is 4.77. The molecule has 0 saturated heterocycles. The zero-order chi connectivity index (χ0) is 21.2. The monoisotopic (exact) mass is 420 g/mol. The van der Waals surface area contributed by atoms with E-state index in [0.29, 0.717) is 47.5 Å². The lowest BCUT2D eigenvalue weighted by molar-refractivity contribution is 0.171. The predicted octanol–water partition coefficient (Wildman–Crippen LogP) is 3.16. The summed E-state index contributed by atoms with van der Waals surface area (Å²) < 4.78 is 31.8. The summed E-state index contributed by atoms with van der Waals surface area (Å²) in [5.41, 5.74) is 1.81. The van der Waals surface area contributed by atoms with Crippen LogP contribution in [0.5, 0.6) is 17.2 Å². The van der Waals surface area contributed by atoms with Gasteiger partial charge in [0.15, 0.2) is 17.2 Å². The molecule has 0 spiro atoms. The molecule has 0 unspecified atom stereocenters. The Balaban J connectivity index is 1.57. The van der Waals surface area contributed by atoms with Crippen LogP contribution in [0, 0.1) is 0 Å². The SMILES string of the molecule is O=c1ccn(-c2cccc(OCF)c2)nc1-c1ccnn1-c1ccc2c(c1)OCCO2. The van der Waals surface area contributed by atoms with E-state index in [1.165, 1.54) is 10.7 Å². The fourth-order valence-corrected chi connectivity index (χ4v) is 3.36. The highest BCUT2D eigenvalue weighted by Gasteiger charge is 2.17. The topological polar surface area (TPSA) is 80.4 Å². The predicted molar refractivity (Wildman–Crippen MR) is 110 cm³/mol. The fraction of sp³-hybridized carbons (Fsp3) is 0.136. The third-order valence-electron chi connectivity index (χ3n) is 4.77. The first-order valence-electron chi connectivity index (χ1n) is 9.56. The van der Waals surface area contributed by atoms with Gasteiger partial charge in [-0.1, -0.05) is 6.07 Å². The average Bonchev–Trinajstić information content (AvgIpc) is 3.29. The van der Waals surface area contributed by atoms with Crippen LogP contribution in [0.4, 0.5) is 4.39 Å². The van der Waals surface area contributed by atoms with Crippen LogP contribution < -0.4 is 19.6 Å². The first-order valence-corrected chi connectivity index (χ1v) is 9.56. The average molecular weight is 420 g/mol. The molecule has 31 heavy (non-hydrogen) atoms. The maximum atomic E-state index is 12.7. The van der Waals surface area contributed by atoms with E-state index in [2.05, 4.69) is 10.2 Å². The second kappa shape index (κ2) is 7.94. The van der Waals surface area contributed by atoms with Crippen molar-refractivity contribution in [1.29, 1.82) is 0 Å². The minimum absolute atomic E-state index is 0.215. The Kier molecular flexibility index (Phi) is 4.83. The van der Waals surface area contributed by atoms with Crippen molar-refractivity contribution in [2.24, 2.45) is 0 Å². The number of benzene rings is 2. The Bertz CT molecular complexity index is 1300. The lowest BCUT2D eigenvalue weighted by Crippen LogP contribution is -2.16. The molecule has 0 saturated carbocycles. The zero-order valence-electron chi connectivity index (χ0n) is 16.3. The molecule has 3 heterocycles. The van der Waals surface area contributed by atoms with E-state index in [-0.39, 0.29) is 11.1 Å². The second-order valence-electron chi connectivity index (χ2n) is 6.68. The Hall–Kier alpha value is -4.14. The number of hydrogen-bond acceptors (Lipinski definition) is 6. The minimum atomic E-state index is -0.930. The van der Waals surface area contributed by atoms with E-state index in [1.807, 2.05) is 18.2 Å². The number of hydrogen-bond donors (Lipinski definition) is 0. The van der Waals surface area contributed by atoms with Gasteiger partial charge in [0.1, 0.15) is 19.0 Å². The van der Waals surface area contributed by atoms with Gasteiger partial charge in [0.05, 0.1) is 23.3 Å². The van der Waals surface area contributed by atoms with Crippen molar-refractivity contribution < 1.29 is 18.6 Å². The molecule has 0 bridgehead atoms. The summed E-state index contributed by atoms with van der Waals surface area (Å²) in [7, 11) is 0. The number of nitrogens with zero attached hydrogens (tertiary/aromatic N) is 4. The number of aromatic nitrogens is 4. The summed E-state index contributed by atoms with van der Waals surface area (Å²) in [6, 6.07) is 15.4. The molecule has 0 aliphatic carbocycles. The van der Waals surface area contributed by atoms with E-state index < -0.39 is 6.86 Å². The summed E-state index contributed by atoms with van der Waals surface area (Å²) in [5.74, 6) is 1.65. The van der Waals surface area contributed by atoms with Crippen molar-refractivity contribution in [3.05, 3.63) is 77.2 Å². The van der Waals surface area contributed by atoms with E-state index >= 15 is 0 Å². The largest absolute Gasteiger partial charge is 0.486 e. The molecule has 0 N–H and O–H groups in total. The number of fused-ring (bicyclic) bond motifs is 1. The molecule has 9 heteroatoms. The molecule has 1 aliphatic heterocycles. The van der Waals surface area contributed by atoms with Gasteiger partial charge in [-0.2, -0.15) is 10.2 Å². The first-order chi connectivity index (χ1) is 15.2. The van der Waals surface area contributed by atoms with Crippen LogP contribution in [0.1, 0.15) is 0 Å². The van der Waals surface area contributed by atoms with Gasteiger partial charge in [0, 0.05) is 24.4 Å². The first kappa shape index (κ1) is 18.9. The molecule has 8 nitrogen and oxygen atoms in total. The summed E-state index contributed by atoms with van der Waals surface area (Å²) in [6.07, 6.45) is 3.14. The van der Waals surface area contributed by atoms with Gasteiger partial charge >= 0.3 is 0 Å². The van der Waals surface area contributed by atoms with Gasteiger partial charge in [0.25, 0.3) is 0 Å². The highest BCUT2D eigenvalue weighted by molar-refractivity contribution is 5.59. The summed E-state index contributed by atoms with van der Waals surface area (Å²) in [4.78, 5) is 12.7. The molecule has 1 aliphatic rings. The van der Waals surface area contributed by atoms with Crippen LogP contribution >= 0.6 is 0 Å². The van der Waals surface area contributed by atoms with Gasteiger partial charge in [-0.15, -0.1) is 0 Å².